The second kappa shape index (κ2) is 4.99. The highest BCUT2D eigenvalue weighted by Crippen LogP contribution is 2.33. The Kier molecular flexibility index (Phi) is 3.83. The number of nitrogens with zero attached hydrogens (tertiary/aromatic N) is 1. The Hall–Kier alpha value is -0.180. The number of nitrogens with one attached hydrogen (secondary N) is 1. The maximum atomic E-state index is 4.86. The minimum Gasteiger partial charge on any atom is -0.359 e. The van der Waals surface area contributed by atoms with Crippen LogP contribution in [-0.2, 0) is 0 Å². The molecule has 3 heteroatoms. The molecule has 0 aromatic carbocycles. The van der Waals surface area contributed by atoms with Crippen molar-refractivity contribution in [3.8, 4) is 0 Å². The van der Waals surface area contributed by atoms with Crippen molar-refractivity contribution >= 4 is 16.9 Å². The number of hydrogen-bond donors (Lipinski definition) is 1. The highest BCUT2D eigenvalue weighted by atomic mass is 32.2. The summed E-state index contributed by atoms with van der Waals surface area (Å²) in [6, 6.07) is 0.522. The van der Waals surface area contributed by atoms with Crippen molar-refractivity contribution in [3.63, 3.8) is 0 Å². The molecule has 92 valence electrons. The van der Waals surface area contributed by atoms with Crippen molar-refractivity contribution in [3.05, 3.63) is 0 Å². The van der Waals surface area contributed by atoms with E-state index in [1.807, 2.05) is 11.8 Å². The lowest BCUT2D eigenvalue weighted by atomic mass is 9.81. The third kappa shape index (κ3) is 2.39. The van der Waals surface area contributed by atoms with E-state index in [9.17, 15) is 0 Å². The molecule has 0 radical (unpaired) electrons. The molecule has 0 spiro atoms. The normalized spacial score (nSPS) is 28.8. The van der Waals surface area contributed by atoms with Gasteiger partial charge in [0.2, 0.25) is 0 Å². The number of aliphatic imine (C=N–C) groups is 1. The summed E-state index contributed by atoms with van der Waals surface area (Å²) in [5, 5.41) is 4.85. The van der Waals surface area contributed by atoms with Crippen LogP contribution in [0.3, 0.4) is 0 Å². The van der Waals surface area contributed by atoms with Gasteiger partial charge in [-0.1, -0.05) is 32.0 Å². The van der Waals surface area contributed by atoms with Crippen LogP contribution < -0.4 is 5.32 Å². The molecule has 2 aliphatic rings. The van der Waals surface area contributed by atoms with Crippen LogP contribution in [0.25, 0.3) is 0 Å². The Bertz CT molecular complexity index is 267. The molecule has 1 aliphatic heterocycles. The first kappa shape index (κ1) is 12.3. The summed E-state index contributed by atoms with van der Waals surface area (Å²) < 4.78 is 0. The molecule has 0 aromatic rings. The monoisotopic (exact) mass is 240 g/mol. The third-order valence-corrected chi connectivity index (χ3v) is 5.54. The van der Waals surface area contributed by atoms with Gasteiger partial charge in [-0.2, -0.15) is 0 Å². The summed E-state index contributed by atoms with van der Waals surface area (Å²) in [6.07, 6.45) is 6.58. The average Bonchev–Trinajstić information content (AvgIpc) is 2.59. The van der Waals surface area contributed by atoms with Crippen LogP contribution in [0.5, 0.6) is 0 Å². The zero-order valence-corrected chi connectivity index (χ0v) is 11.6. The molecule has 1 unspecified atom stereocenters. The van der Waals surface area contributed by atoms with Crippen LogP contribution in [0.2, 0.25) is 0 Å². The highest BCUT2D eigenvalue weighted by Gasteiger charge is 2.34. The number of thioether (sulfide) groups is 1. The van der Waals surface area contributed by atoms with Crippen molar-refractivity contribution in [1.82, 2.24) is 5.32 Å². The summed E-state index contributed by atoms with van der Waals surface area (Å²) in [4.78, 5) is 4.86. The van der Waals surface area contributed by atoms with E-state index in [1.165, 1.54) is 43.0 Å². The van der Waals surface area contributed by atoms with E-state index in [-0.39, 0.29) is 0 Å². The molecule has 1 saturated carbocycles. The summed E-state index contributed by atoms with van der Waals surface area (Å²) >= 11 is 1.92. The first-order valence-corrected chi connectivity index (χ1v) is 7.66. The minimum absolute atomic E-state index is 0.322. The van der Waals surface area contributed by atoms with E-state index >= 15 is 0 Å². The standard InChI is InChI=1S/C13H24N2S/c1-4-13(5-2)9-16-12(15-13)14-10(3)11-7-6-8-11/h10-11H,4-9H2,1-3H3,(H,14,15). The predicted octanol–water partition coefficient (Wildman–Crippen LogP) is 3.43. The van der Waals surface area contributed by atoms with Gasteiger partial charge in [-0.15, -0.1) is 0 Å². The molecule has 16 heavy (non-hydrogen) atoms. The lowest BCUT2D eigenvalue weighted by molar-refractivity contribution is 0.274. The maximum absolute atomic E-state index is 4.86. The van der Waals surface area contributed by atoms with Crippen LogP contribution in [0.1, 0.15) is 52.9 Å². The topological polar surface area (TPSA) is 24.4 Å². The van der Waals surface area contributed by atoms with E-state index in [0.717, 1.165) is 5.92 Å². The summed E-state index contributed by atoms with van der Waals surface area (Å²) in [5.41, 5.74) is 0.322. The van der Waals surface area contributed by atoms with Gasteiger partial charge in [-0.05, 0) is 38.5 Å². The van der Waals surface area contributed by atoms with Crippen LogP contribution in [-0.4, -0.2) is 22.5 Å². The van der Waals surface area contributed by atoms with Gasteiger partial charge >= 0.3 is 0 Å². The second-order valence-corrected chi connectivity index (χ2v) is 6.23. The van der Waals surface area contributed by atoms with Gasteiger partial charge in [-0.3, -0.25) is 4.99 Å². The van der Waals surface area contributed by atoms with E-state index < -0.39 is 0 Å². The van der Waals surface area contributed by atoms with Crippen LogP contribution in [0.15, 0.2) is 4.99 Å². The zero-order valence-electron chi connectivity index (χ0n) is 10.8. The quantitative estimate of drug-likeness (QED) is 0.814. The first-order valence-electron chi connectivity index (χ1n) is 6.68. The molecule has 1 saturated heterocycles. The lowest BCUT2D eigenvalue weighted by Crippen LogP contribution is -2.42. The Labute approximate surface area is 104 Å². The number of rotatable bonds is 4. The van der Waals surface area contributed by atoms with E-state index in [1.54, 1.807) is 0 Å². The van der Waals surface area contributed by atoms with E-state index in [2.05, 4.69) is 26.1 Å². The van der Waals surface area contributed by atoms with Crippen LogP contribution in [0.4, 0.5) is 0 Å². The Morgan fingerprint density at radius 2 is 2.12 bits per heavy atom. The Morgan fingerprint density at radius 1 is 1.44 bits per heavy atom. The lowest BCUT2D eigenvalue weighted by Gasteiger charge is -2.29. The summed E-state index contributed by atoms with van der Waals surface area (Å²) in [5.74, 6) is 2.05. The van der Waals surface area contributed by atoms with Crippen LogP contribution in [0, 0.1) is 5.92 Å². The molecule has 1 N–H and O–H groups in total. The fourth-order valence-electron chi connectivity index (χ4n) is 2.42. The molecule has 0 bridgehead atoms. The van der Waals surface area contributed by atoms with Gasteiger partial charge in [0.1, 0.15) is 0 Å². The maximum Gasteiger partial charge on any atom is 0.157 e. The molecule has 1 atom stereocenters. The van der Waals surface area contributed by atoms with Gasteiger partial charge in [0.15, 0.2) is 5.17 Å². The first-order chi connectivity index (χ1) is 7.69. The molecular weight excluding hydrogens is 216 g/mol. The largest absolute Gasteiger partial charge is 0.359 e. The molecule has 1 heterocycles. The van der Waals surface area contributed by atoms with Gasteiger partial charge < -0.3 is 5.32 Å². The molecule has 2 fully saturated rings. The molecule has 2 nitrogen and oxygen atoms in total. The second-order valence-electron chi connectivity index (χ2n) is 5.27. The number of hydrogen-bond acceptors (Lipinski definition) is 2. The predicted molar refractivity (Wildman–Crippen MR) is 73.1 cm³/mol. The fraction of sp³-hybridized carbons (Fsp3) is 0.923. The Morgan fingerprint density at radius 3 is 2.56 bits per heavy atom. The van der Waals surface area contributed by atoms with Gasteiger partial charge in [0.25, 0.3) is 0 Å². The van der Waals surface area contributed by atoms with Crippen molar-refractivity contribution in [1.29, 1.82) is 0 Å². The van der Waals surface area contributed by atoms with Crippen molar-refractivity contribution in [2.75, 3.05) is 5.75 Å². The SMILES string of the molecule is CCC1(CC)CSC(=NC(C)C2CCC2)N1. The minimum atomic E-state index is 0.322. The van der Waals surface area contributed by atoms with E-state index in [0.29, 0.717) is 11.6 Å². The molecular formula is C13H24N2S. The van der Waals surface area contributed by atoms with Gasteiger partial charge in [0, 0.05) is 11.3 Å². The zero-order chi connectivity index (χ0) is 11.6. The fourth-order valence-corrected chi connectivity index (χ4v) is 3.84. The van der Waals surface area contributed by atoms with Gasteiger partial charge in [-0.25, -0.2) is 0 Å². The average molecular weight is 240 g/mol. The summed E-state index contributed by atoms with van der Waals surface area (Å²) in [6.45, 7) is 6.82. The Balaban J connectivity index is 1.93. The van der Waals surface area contributed by atoms with Crippen molar-refractivity contribution < 1.29 is 0 Å². The van der Waals surface area contributed by atoms with Crippen molar-refractivity contribution in [2.24, 2.45) is 10.9 Å². The number of amidine groups is 1. The molecule has 1 aliphatic carbocycles. The molecule has 2 rings (SSSR count). The third-order valence-electron chi connectivity index (χ3n) is 4.36. The van der Waals surface area contributed by atoms with Crippen molar-refractivity contribution in [2.45, 2.75) is 64.5 Å². The smallest absolute Gasteiger partial charge is 0.157 e. The molecule has 0 amide bonds. The van der Waals surface area contributed by atoms with Crippen LogP contribution >= 0.6 is 11.8 Å². The highest BCUT2D eigenvalue weighted by molar-refractivity contribution is 8.14. The van der Waals surface area contributed by atoms with E-state index in [4.69, 9.17) is 4.99 Å². The molecule has 0 aromatic heterocycles. The van der Waals surface area contributed by atoms with Gasteiger partial charge in [0.05, 0.1) is 6.04 Å². The summed E-state index contributed by atoms with van der Waals surface area (Å²) in [7, 11) is 0.